The van der Waals surface area contributed by atoms with Gasteiger partial charge in [0, 0.05) is 52.9 Å². The van der Waals surface area contributed by atoms with Crippen LogP contribution in [0.25, 0.3) is 0 Å². The third-order valence-electron chi connectivity index (χ3n) is 5.61. The number of guanidine groups is 1. The zero-order chi connectivity index (χ0) is 20.8. The minimum Gasteiger partial charge on any atom is -0.454 e. The van der Waals surface area contributed by atoms with Crippen LogP contribution < -0.4 is 20.1 Å². The molecular weight excluding hydrogens is 378 g/mol. The fraction of sp³-hybridized carbons (Fsp3) is 0.435. The van der Waals surface area contributed by atoms with E-state index in [4.69, 9.17) is 9.47 Å². The van der Waals surface area contributed by atoms with Crippen LogP contribution in [-0.4, -0.2) is 62.8 Å². The molecule has 2 N–H and O–H groups in total. The molecule has 7 nitrogen and oxygen atoms in total. The molecule has 2 aliphatic heterocycles. The van der Waals surface area contributed by atoms with Gasteiger partial charge in [-0.15, -0.1) is 0 Å². The summed E-state index contributed by atoms with van der Waals surface area (Å²) < 4.78 is 10.8. The van der Waals surface area contributed by atoms with Gasteiger partial charge >= 0.3 is 0 Å². The van der Waals surface area contributed by atoms with Crippen molar-refractivity contribution in [3.05, 3.63) is 59.2 Å². The van der Waals surface area contributed by atoms with E-state index in [2.05, 4.69) is 56.7 Å². The van der Waals surface area contributed by atoms with Crippen molar-refractivity contribution in [2.75, 3.05) is 47.1 Å². The van der Waals surface area contributed by atoms with Crippen molar-refractivity contribution >= 4 is 5.96 Å². The summed E-state index contributed by atoms with van der Waals surface area (Å²) in [5, 5.41) is 6.73. The Balaban J connectivity index is 1.23. The molecule has 0 saturated carbocycles. The SMILES string of the molecule is CN=C(NCc1ccc(CN2CCN(C)CC2)cc1)NCc1ccc2c(c1)OCO2. The average Bonchev–Trinajstić information content (AvgIpc) is 3.24. The van der Waals surface area contributed by atoms with Crippen LogP contribution in [0.1, 0.15) is 16.7 Å². The number of nitrogens with one attached hydrogen (secondary N) is 2. The topological polar surface area (TPSA) is 61.4 Å². The lowest BCUT2D eigenvalue weighted by atomic mass is 10.1. The highest BCUT2D eigenvalue weighted by Gasteiger charge is 2.14. The molecule has 0 spiro atoms. The molecule has 0 radical (unpaired) electrons. The summed E-state index contributed by atoms with van der Waals surface area (Å²) in [4.78, 5) is 9.23. The van der Waals surface area contributed by atoms with Crippen LogP contribution in [0.4, 0.5) is 0 Å². The molecule has 160 valence electrons. The van der Waals surface area contributed by atoms with Crippen molar-refractivity contribution in [1.82, 2.24) is 20.4 Å². The number of benzene rings is 2. The number of hydrogen-bond acceptors (Lipinski definition) is 5. The summed E-state index contributed by atoms with van der Waals surface area (Å²) in [6.07, 6.45) is 0. The number of likely N-dealkylation sites (N-methyl/N-ethyl adjacent to an activating group) is 1. The molecule has 2 aromatic rings. The largest absolute Gasteiger partial charge is 0.454 e. The zero-order valence-electron chi connectivity index (χ0n) is 17.9. The lowest BCUT2D eigenvalue weighted by molar-refractivity contribution is 0.148. The van der Waals surface area contributed by atoms with Crippen LogP contribution in [0.5, 0.6) is 11.5 Å². The predicted octanol–water partition coefficient (Wildman–Crippen LogP) is 2.03. The van der Waals surface area contributed by atoms with E-state index in [0.717, 1.165) is 62.3 Å². The van der Waals surface area contributed by atoms with E-state index in [1.54, 1.807) is 7.05 Å². The molecular formula is C23H31N5O2. The summed E-state index contributed by atoms with van der Waals surface area (Å²) >= 11 is 0. The molecule has 0 atom stereocenters. The van der Waals surface area contributed by atoms with E-state index in [9.17, 15) is 0 Å². The van der Waals surface area contributed by atoms with Gasteiger partial charge in [0.25, 0.3) is 0 Å². The second kappa shape index (κ2) is 9.82. The Morgan fingerprint density at radius 1 is 0.867 bits per heavy atom. The Bertz CT molecular complexity index is 860. The van der Waals surface area contributed by atoms with Crippen LogP contribution in [0.15, 0.2) is 47.5 Å². The molecule has 0 bridgehead atoms. The standard InChI is InChI=1S/C23H31N5O2/c1-24-23(26-15-20-7-8-21-22(13-20)30-17-29-21)25-14-18-3-5-19(6-4-18)16-28-11-9-27(2)10-12-28/h3-8,13H,9-12,14-17H2,1-2H3,(H2,24,25,26). The van der Waals surface area contributed by atoms with Gasteiger partial charge in [-0.3, -0.25) is 9.89 Å². The van der Waals surface area contributed by atoms with Crippen molar-refractivity contribution < 1.29 is 9.47 Å². The Hall–Kier alpha value is -2.77. The second-order valence-electron chi connectivity index (χ2n) is 7.86. The first-order valence-electron chi connectivity index (χ1n) is 10.5. The first kappa shape index (κ1) is 20.5. The second-order valence-corrected chi connectivity index (χ2v) is 7.86. The molecule has 0 unspecified atom stereocenters. The zero-order valence-corrected chi connectivity index (χ0v) is 17.9. The summed E-state index contributed by atoms with van der Waals surface area (Å²) in [6, 6.07) is 14.8. The summed E-state index contributed by atoms with van der Waals surface area (Å²) in [7, 11) is 3.98. The number of ether oxygens (including phenoxy) is 2. The molecule has 2 heterocycles. The highest BCUT2D eigenvalue weighted by molar-refractivity contribution is 5.79. The molecule has 0 amide bonds. The van der Waals surface area contributed by atoms with Crippen LogP contribution >= 0.6 is 0 Å². The number of piperazine rings is 1. The molecule has 30 heavy (non-hydrogen) atoms. The number of nitrogens with zero attached hydrogens (tertiary/aromatic N) is 3. The Kier molecular flexibility index (Phi) is 6.71. The minimum absolute atomic E-state index is 0.295. The van der Waals surface area contributed by atoms with E-state index in [-0.39, 0.29) is 0 Å². The van der Waals surface area contributed by atoms with E-state index in [0.29, 0.717) is 13.3 Å². The fourth-order valence-electron chi connectivity index (χ4n) is 3.67. The van der Waals surface area contributed by atoms with E-state index in [1.807, 2.05) is 18.2 Å². The van der Waals surface area contributed by atoms with E-state index in [1.165, 1.54) is 11.1 Å². The lowest BCUT2D eigenvalue weighted by Gasteiger charge is -2.32. The Labute approximate surface area is 178 Å². The lowest BCUT2D eigenvalue weighted by Crippen LogP contribution is -2.43. The maximum Gasteiger partial charge on any atom is 0.231 e. The van der Waals surface area contributed by atoms with Crippen molar-refractivity contribution in [3.8, 4) is 11.5 Å². The number of rotatable bonds is 6. The average molecular weight is 410 g/mol. The van der Waals surface area contributed by atoms with E-state index < -0.39 is 0 Å². The Morgan fingerprint density at radius 3 is 2.23 bits per heavy atom. The number of fused-ring (bicyclic) bond motifs is 1. The molecule has 0 aromatic heterocycles. The minimum atomic E-state index is 0.295. The van der Waals surface area contributed by atoms with Gasteiger partial charge in [-0.2, -0.15) is 0 Å². The van der Waals surface area contributed by atoms with Crippen LogP contribution in [0.2, 0.25) is 0 Å². The third-order valence-corrected chi connectivity index (χ3v) is 5.61. The van der Waals surface area contributed by atoms with Gasteiger partial charge in [-0.25, -0.2) is 0 Å². The van der Waals surface area contributed by atoms with Gasteiger partial charge in [-0.1, -0.05) is 30.3 Å². The van der Waals surface area contributed by atoms with Gasteiger partial charge < -0.3 is 25.0 Å². The molecule has 1 fully saturated rings. The van der Waals surface area contributed by atoms with Crippen LogP contribution in [-0.2, 0) is 19.6 Å². The molecule has 0 aliphatic carbocycles. The third kappa shape index (κ3) is 5.43. The van der Waals surface area contributed by atoms with Crippen molar-refractivity contribution in [2.24, 2.45) is 4.99 Å². The summed E-state index contributed by atoms with van der Waals surface area (Å²) in [5.74, 6) is 2.38. The predicted molar refractivity (Wildman–Crippen MR) is 119 cm³/mol. The molecule has 2 aliphatic rings. The summed E-state index contributed by atoms with van der Waals surface area (Å²) in [6.45, 7) is 7.32. The van der Waals surface area contributed by atoms with Gasteiger partial charge in [0.1, 0.15) is 0 Å². The van der Waals surface area contributed by atoms with Crippen molar-refractivity contribution in [3.63, 3.8) is 0 Å². The fourth-order valence-corrected chi connectivity index (χ4v) is 3.67. The first-order chi connectivity index (χ1) is 14.7. The quantitative estimate of drug-likeness (QED) is 0.562. The van der Waals surface area contributed by atoms with Gasteiger partial charge in [-0.05, 0) is 35.9 Å². The van der Waals surface area contributed by atoms with Crippen molar-refractivity contribution in [2.45, 2.75) is 19.6 Å². The molecule has 2 aromatic carbocycles. The van der Waals surface area contributed by atoms with Crippen molar-refractivity contribution in [1.29, 1.82) is 0 Å². The van der Waals surface area contributed by atoms with Gasteiger partial charge in [0.2, 0.25) is 6.79 Å². The molecule has 4 rings (SSSR count). The van der Waals surface area contributed by atoms with Crippen LogP contribution in [0.3, 0.4) is 0 Å². The van der Waals surface area contributed by atoms with E-state index >= 15 is 0 Å². The highest BCUT2D eigenvalue weighted by Crippen LogP contribution is 2.32. The smallest absolute Gasteiger partial charge is 0.231 e. The molecule has 7 heteroatoms. The van der Waals surface area contributed by atoms with Crippen LogP contribution in [0, 0.1) is 0 Å². The highest BCUT2D eigenvalue weighted by atomic mass is 16.7. The van der Waals surface area contributed by atoms with Gasteiger partial charge in [0.15, 0.2) is 17.5 Å². The Morgan fingerprint density at radius 2 is 1.50 bits per heavy atom. The summed E-state index contributed by atoms with van der Waals surface area (Å²) in [5.41, 5.74) is 3.73. The number of aliphatic imine (C=N–C) groups is 1. The normalized spacial score (nSPS) is 17.2. The maximum atomic E-state index is 5.44. The van der Waals surface area contributed by atoms with Gasteiger partial charge in [0.05, 0.1) is 0 Å². The maximum absolute atomic E-state index is 5.44. The molecule has 1 saturated heterocycles. The number of hydrogen-bond donors (Lipinski definition) is 2. The monoisotopic (exact) mass is 409 g/mol. The first-order valence-corrected chi connectivity index (χ1v) is 10.5.